The van der Waals surface area contributed by atoms with E-state index in [1.807, 2.05) is 36.1 Å². The number of amides is 1. The second kappa shape index (κ2) is 11.2. The van der Waals surface area contributed by atoms with Gasteiger partial charge in [0, 0.05) is 38.8 Å². The Labute approximate surface area is 193 Å². The molecule has 1 saturated heterocycles. The van der Waals surface area contributed by atoms with E-state index in [1.165, 1.54) is 6.07 Å². The molecule has 1 aliphatic heterocycles. The number of nitrogens with zero attached hydrogens (tertiary/aromatic N) is 2. The Balaban J connectivity index is 0.00000320. The van der Waals surface area contributed by atoms with E-state index in [0.29, 0.717) is 25.5 Å². The first-order valence-electron chi connectivity index (χ1n) is 9.76. The van der Waals surface area contributed by atoms with Gasteiger partial charge in [0.1, 0.15) is 0 Å². The molecule has 2 N–H and O–H groups in total. The lowest BCUT2D eigenvalue weighted by Gasteiger charge is -2.18. The predicted octanol–water partition coefficient (Wildman–Crippen LogP) is 4.18. The minimum atomic E-state index is -0.841. The summed E-state index contributed by atoms with van der Waals surface area (Å²) in [5.41, 5.74) is 2.72. The van der Waals surface area contributed by atoms with Crippen molar-refractivity contribution in [2.45, 2.75) is 32.2 Å². The Hall–Kier alpha value is -2.23. The predicted molar refractivity (Wildman–Crippen MR) is 126 cm³/mol. The van der Waals surface area contributed by atoms with Crippen LogP contribution in [0.15, 0.2) is 47.5 Å². The summed E-state index contributed by atoms with van der Waals surface area (Å²) in [7, 11) is 1.68. The van der Waals surface area contributed by atoms with Crippen molar-refractivity contribution in [3.63, 3.8) is 0 Å². The van der Waals surface area contributed by atoms with Crippen molar-refractivity contribution in [1.82, 2.24) is 10.6 Å². The molecule has 162 valence electrons. The zero-order valence-electron chi connectivity index (χ0n) is 17.1. The van der Waals surface area contributed by atoms with Crippen molar-refractivity contribution < 1.29 is 13.6 Å². The molecule has 1 amide bonds. The van der Waals surface area contributed by atoms with E-state index in [1.54, 1.807) is 13.1 Å². The van der Waals surface area contributed by atoms with Crippen LogP contribution in [0.2, 0.25) is 0 Å². The number of nitrogens with one attached hydrogen (secondary N) is 2. The van der Waals surface area contributed by atoms with Crippen LogP contribution in [-0.4, -0.2) is 32.0 Å². The molecule has 2 aromatic carbocycles. The van der Waals surface area contributed by atoms with Crippen molar-refractivity contribution in [1.29, 1.82) is 0 Å². The first-order valence-corrected chi connectivity index (χ1v) is 9.76. The maximum Gasteiger partial charge on any atom is 0.227 e. The van der Waals surface area contributed by atoms with Gasteiger partial charge >= 0.3 is 0 Å². The molecule has 0 aliphatic carbocycles. The van der Waals surface area contributed by atoms with Crippen LogP contribution >= 0.6 is 24.0 Å². The van der Waals surface area contributed by atoms with Gasteiger partial charge in [-0.05, 0) is 47.7 Å². The van der Waals surface area contributed by atoms with Crippen LogP contribution in [0.5, 0.6) is 0 Å². The zero-order chi connectivity index (χ0) is 20.8. The summed E-state index contributed by atoms with van der Waals surface area (Å²) in [5.74, 6) is -0.891. The lowest BCUT2D eigenvalue weighted by atomic mass is 10.0. The first kappa shape index (κ1) is 24.0. The summed E-state index contributed by atoms with van der Waals surface area (Å²) in [5, 5.41) is 6.44. The number of carbonyl (C=O) groups excluding carboxylic acids is 1. The van der Waals surface area contributed by atoms with Gasteiger partial charge in [0.2, 0.25) is 5.91 Å². The Bertz CT molecular complexity index is 889. The molecule has 0 spiro atoms. The molecule has 0 bridgehead atoms. The van der Waals surface area contributed by atoms with E-state index in [-0.39, 0.29) is 35.8 Å². The highest BCUT2D eigenvalue weighted by molar-refractivity contribution is 14.0. The summed E-state index contributed by atoms with van der Waals surface area (Å²) in [6, 6.07) is 11.9. The van der Waals surface area contributed by atoms with Crippen LogP contribution in [0.1, 0.15) is 36.8 Å². The van der Waals surface area contributed by atoms with Crippen molar-refractivity contribution in [2.24, 2.45) is 4.99 Å². The SMILES string of the molecule is CN=C(NCc1ccc(N2CCCC2=O)cc1)NCC(C)c1ccc(F)c(F)c1.I. The Morgan fingerprint density at radius 1 is 1.13 bits per heavy atom. The maximum atomic E-state index is 13.4. The number of aliphatic imine (C=N–C) groups is 1. The van der Waals surface area contributed by atoms with E-state index in [9.17, 15) is 13.6 Å². The fourth-order valence-corrected chi connectivity index (χ4v) is 3.31. The van der Waals surface area contributed by atoms with Crippen LogP contribution in [0.3, 0.4) is 0 Å². The van der Waals surface area contributed by atoms with E-state index in [4.69, 9.17) is 0 Å². The van der Waals surface area contributed by atoms with Gasteiger partial charge in [0.25, 0.3) is 0 Å². The molecule has 0 saturated carbocycles. The molecule has 3 rings (SSSR count). The van der Waals surface area contributed by atoms with Crippen LogP contribution < -0.4 is 15.5 Å². The Morgan fingerprint density at radius 3 is 2.47 bits per heavy atom. The zero-order valence-corrected chi connectivity index (χ0v) is 19.5. The largest absolute Gasteiger partial charge is 0.356 e. The summed E-state index contributed by atoms with van der Waals surface area (Å²) >= 11 is 0. The molecule has 30 heavy (non-hydrogen) atoms. The third-order valence-corrected chi connectivity index (χ3v) is 5.09. The van der Waals surface area contributed by atoms with Crippen molar-refractivity contribution >= 4 is 41.5 Å². The Morgan fingerprint density at radius 2 is 1.87 bits per heavy atom. The minimum absolute atomic E-state index is 0. The smallest absolute Gasteiger partial charge is 0.227 e. The van der Waals surface area contributed by atoms with Gasteiger partial charge < -0.3 is 15.5 Å². The molecule has 0 aromatic heterocycles. The molecule has 1 fully saturated rings. The van der Waals surface area contributed by atoms with Gasteiger partial charge in [0.15, 0.2) is 17.6 Å². The number of halogens is 3. The van der Waals surface area contributed by atoms with Crippen LogP contribution in [0.25, 0.3) is 0 Å². The van der Waals surface area contributed by atoms with E-state index in [2.05, 4.69) is 15.6 Å². The van der Waals surface area contributed by atoms with E-state index in [0.717, 1.165) is 35.8 Å². The lowest BCUT2D eigenvalue weighted by molar-refractivity contribution is -0.117. The van der Waals surface area contributed by atoms with Gasteiger partial charge in [-0.2, -0.15) is 0 Å². The first-order chi connectivity index (χ1) is 14.0. The average molecular weight is 528 g/mol. The molecule has 1 unspecified atom stereocenters. The van der Waals surface area contributed by atoms with Gasteiger partial charge in [-0.15, -0.1) is 24.0 Å². The molecule has 1 heterocycles. The van der Waals surface area contributed by atoms with E-state index >= 15 is 0 Å². The number of carbonyl (C=O) groups is 1. The van der Waals surface area contributed by atoms with Crippen molar-refractivity contribution in [2.75, 3.05) is 25.0 Å². The Kier molecular flexibility index (Phi) is 9.01. The molecule has 2 aromatic rings. The number of anilines is 1. The summed E-state index contributed by atoms with van der Waals surface area (Å²) in [6.07, 6.45) is 1.53. The molecular weight excluding hydrogens is 501 g/mol. The number of benzene rings is 2. The molecule has 1 atom stereocenters. The topological polar surface area (TPSA) is 56.7 Å². The molecule has 5 nitrogen and oxygen atoms in total. The van der Waals surface area contributed by atoms with Gasteiger partial charge in [-0.3, -0.25) is 9.79 Å². The minimum Gasteiger partial charge on any atom is -0.356 e. The third kappa shape index (κ3) is 6.13. The van der Waals surface area contributed by atoms with Crippen molar-refractivity contribution in [3.8, 4) is 0 Å². The van der Waals surface area contributed by atoms with E-state index < -0.39 is 11.6 Å². The fraction of sp³-hybridized carbons (Fsp3) is 0.364. The lowest BCUT2D eigenvalue weighted by Crippen LogP contribution is -2.38. The quantitative estimate of drug-likeness (QED) is 0.336. The summed E-state index contributed by atoms with van der Waals surface area (Å²) in [4.78, 5) is 17.8. The second-order valence-electron chi connectivity index (χ2n) is 7.20. The molecule has 8 heteroatoms. The summed E-state index contributed by atoms with van der Waals surface area (Å²) in [6.45, 7) is 3.82. The molecular formula is C22H27F2IN4O. The van der Waals surface area contributed by atoms with Crippen LogP contribution in [0.4, 0.5) is 14.5 Å². The van der Waals surface area contributed by atoms with Gasteiger partial charge in [0.05, 0.1) is 0 Å². The third-order valence-electron chi connectivity index (χ3n) is 5.09. The monoisotopic (exact) mass is 528 g/mol. The number of rotatable bonds is 6. The van der Waals surface area contributed by atoms with Gasteiger partial charge in [-0.25, -0.2) is 8.78 Å². The maximum absolute atomic E-state index is 13.4. The average Bonchev–Trinajstić information content (AvgIpc) is 3.16. The number of hydrogen-bond acceptors (Lipinski definition) is 2. The van der Waals surface area contributed by atoms with Gasteiger partial charge in [-0.1, -0.05) is 25.1 Å². The normalized spacial score (nSPS) is 15.0. The molecule has 0 radical (unpaired) electrons. The van der Waals surface area contributed by atoms with Crippen LogP contribution in [0, 0.1) is 11.6 Å². The van der Waals surface area contributed by atoms with Crippen LogP contribution in [-0.2, 0) is 11.3 Å². The summed E-state index contributed by atoms with van der Waals surface area (Å²) < 4.78 is 26.5. The van der Waals surface area contributed by atoms with Crippen molar-refractivity contribution in [3.05, 3.63) is 65.2 Å². The second-order valence-corrected chi connectivity index (χ2v) is 7.20. The number of hydrogen-bond donors (Lipinski definition) is 2. The highest BCUT2D eigenvalue weighted by Gasteiger charge is 2.21. The standard InChI is InChI=1S/C22H26F2N4O.HI/c1-15(17-7-10-19(23)20(24)12-17)13-26-22(25-2)27-14-16-5-8-18(9-6-16)28-11-3-4-21(28)29;/h5-10,12,15H,3-4,11,13-14H2,1-2H3,(H2,25,26,27);1H. The molecule has 1 aliphatic rings. The number of guanidine groups is 1. The highest BCUT2D eigenvalue weighted by atomic mass is 127. The fourth-order valence-electron chi connectivity index (χ4n) is 3.31. The highest BCUT2D eigenvalue weighted by Crippen LogP contribution is 2.21.